The van der Waals surface area contributed by atoms with Gasteiger partial charge in [0.15, 0.2) is 12.4 Å². The third-order valence-electron chi connectivity index (χ3n) is 4.22. The third kappa shape index (κ3) is 5.89. The average molecular weight is 443 g/mol. The van der Waals surface area contributed by atoms with Gasteiger partial charge in [-0.05, 0) is 55.8 Å². The Morgan fingerprint density at radius 1 is 1.06 bits per heavy atom. The molecule has 0 spiro atoms. The molecular formula is C21H19ClN4O5. The minimum atomic E-state index is -0.678. The number of nitrogens with one attached hydrogen (secondary N) is 2. The Balaban J connectivity index is 1.44. The van der Waals surface area contributed by atoms with Gasteiger partial charge in [0.05, 0.1) is 12.1 Å². The lowest BCUT2D eigenvalue weighted by molar-refractivity contribution is -0.126. The van der Waals surface area contributed by atoms with Crippen molar-refractivity contribution in [3.63, 3.8) is 0 Å². The molecule has 2 N–H and O–H groups in total. The molecule has 0 atom stereocenters. The van der Waals surface area contributed by atoms with E-state index in [2.05, 4.69) is 20.8 Å². The molecule has 2 amide bonds. The molecule has 10 heteroatoms. The van der Waals surface area contributed by atoms with Crippen molar-refractivity contribution >= 4 is 35.1 Å². The molecule has 1 heterocycles. The number of halogens is 1. The number of rotatable bonds is 7. The first-order chi connectivity index (χ1) is 14.8. The minimum Gasteiger partial charge on any atom is -0.452 e. The largest absolute Gasteiger partial charge is 0.452 e. The molecule has 2 aromatic carbocycles. The standard InChI is InChI=1S/C21H19ClN4O5/c1-12-16(22)4-3-5-17(12)25-18(27)10-23-19(28)11-30-21(29)15-8-6-14(7-9-15)20-24-13(2)26-31-20/h3-9H,10-11H2,1-2H3,(H,23,28)(H,25,27). The van der Waals surface area contributed by atoms with Crippen LogP contribution < -0.4 is 10.6 Å². The SMILES string of the molecule is Cc1noc(-c2ccc(C(=O)OCC(=O)NCC(=O)Nc3cccc(Cl)c3C)cc2)n1. The number of amides is 2. The molecule has 9 nitrogen and oxygen atoms in total. The number of carbonyl (C=O) groups excluding carboxylic acids is 3. The van der Waals surface area contributed by atoms with Crippen molar-refractivity contribution in [2.24, 2.45) is 0 Å². The highest BCUT2D eigenvalue weighted by Crippen LogP contribution is 2.22. The predicted molar refractivity (Wildman–Crippen MR) is 113 cm³/mol. The van der Waals surface area contributed by atoms with E-state index in [-0.39, 0.29) is 12.1 Å². The first kappa shape index (κ1) is 22.0. The fourth-order valence-corrected chi connectivity index (χ4v) is 2.72. The molecule has 0 saturated heterocycles. The maximum absolute atomic E-state index is 12.1. The first-order valence-corrected chi connectivity index (χ1v) is 9.61. The number of hydrogen-bond acceptors (Lipinski definition) is 7. The summed E-state index contributed by atoms with van der Waals surface area (Å²) in [6.45, 7) is 2.67. The highest BCUT2D eigenvalue weighted by Gasteiger charge is 2.13. The van der Waals surface area contributed by atoms with E-state index in [1.165, 1.54) is 12.1 Å². The Labute approximate surface area is 182 Å². The lowest BCUT2D eigenvalue weighted by Crippen LogP contribution is -2.35. The van der Waals surface area contributed by atoms with E-state index in [1.807, 2.05) is 0 Å². The van der Waals surface area contributed by atoms with E-state index in [0.29, 0.717) is 28.0 Å². The van der Waals surface area contributed by atoms with E-state index < -0.39 is 24.4 Å². The van der Waals surface area contributed by atoms with Crippen LogP contribution in [0.5, 0.6) is 0 Å². The van der Waals surface area contributed by atoms with Gasteiger partial charge < -0.3 is 19.9 Å². The van der Waals surface area contributed by atoms with Crippen LogP contribution in [0.15, 0.2) is 47.0 Å². The summed E-state index contributed by atoms with van der Waals surface area (Å²) in [5, 5.41) is 9.27. The molecule has 160 valence electrons. The number of aryl methyl sites for hydroxylation is 1. The molecule has 0 unspecified atom stereocenters. The Morgan fingerprint density at radius 3 is 2.48 bits per heavy atom. The number of nitrogens with zero attached hydrogens (tertiary/aromatic N) is 2. The minimum absolute atomic E-state index is 0.252. The summed E-state index contributed by atoms with van der Waals surface area (Å²) in [5.74, 6) is -0.882. The number of carbonyl (C=O) groups is 3. The zero-order chi connectivity index (χ0) is 22.4. The summed E-state index contributed by atoms with van der Waals surface area (Å²) in [7, 11) is 0. The first-order valence-electron chi connectivity index (χ1n) is 9.23. The normalized spacial score (nSPS) is 10.4. The van der Waals surface area contributed by atoms with Gasteiger partial charge in [0.25, 0.3) is 11.8 Å². The number of ether oxygens (including phenoxy) is 1. The lowest BCUT2D eigenvalue weighted by atomic mass is 10.1. The van der Waals surface area contributed by atoms with Crippen molar-refractivity contribution < 1.29 is 23.6 Å². The zero-order valence-corrected chi connectivity index (χ0v) is 17.5. The Hall–Kier alpha value is -3.72. The molecule has 0 fully saturated rings. The number of anilines is 1. The second kappa shape index (κ2) is 9.86. The van der Waals surface area contributed by atoms with Crippen molar-refractivity contribution in [2.45, 2.75) is 13.8 Å². The van der Waals surface area contributed by atoms with Gasteiger partial charge in [-0.25, -0.2) is 4.79 Å². The van der Waals surface area contributed by atoms with Crippen LogP contribution >= 0.6 is 11.6 Å². The zero-order valence-electron chi connectivity index (χ0n) is 16.8. The summed E-state index contributed by atoms with van der Waals surface area (Å²) in [6, 6.07) is 11.4. The van der Waals surface area contributed by atoms with E-state index in [1.54, 1.807) is 44.2 Å². The van der Waals surface area contributed by atoms with Gasteiger partial charge in [-0.15, -0.1) is 0 Å². The fourth-order valence-electron chi connectivity index (χ4n) is 2.54. The van der Waals surface area contributed by atoms with Gasteiger partial charge in [0, 0.05) is 16.3 Å². The molecule has 0 aliphatic heterocycles. The molecular weight excluding hydrogens is 424 g/mol. The summed E-state index contributed by atoms with van der Waals surface area (Å²) >= 11 is 6.01. The van der Waals surface area contributed by atoms with Gasteiger partial charge >= 0.3 is 5.97 Å². The quantitative estimate of drug-likeness (QED) is 0.539. The molecule has 0 saturated carbocycles. The molecule has 0 aliphatic rings. The van der Waals surface area contributed by atoms with Gasteiger partial charge in [-0.1, -0.05) is 22.8 Å². The van der Waals surface area contributed by atoms with Crippen molar-refractivity contribution in [1.29, 1.82) is 0 Å². The number of aromatic nitrogens is 2. The van der Waals surface area contributed by atoms with E-state index in [4.69, 9.17) is 20.9 Å². The fraction of sp³-hybridized carbons (Fsp3) is 0.190. The summed E-state index contributed by atoms with van der Waals surface area (Å²) in [5.41, 5.74) is 2.17. The smallest absolute Gasteiger partial charge is 0.338 e. The van der Waals surface area contributed by atoms with Crippen molar-refractivity contribution in [3.8, 4) is 11.5 Å². The van der Waals surface area contributed by atoms with Crippen molar-refractivity contribution in [3.05, 3.63) is 64.4 Å². The monoisotopic (exact) mass is 442 g/mol. The van der Waals surface area contributed by atoms with Crippen LogP contribution in [0.3, 0.4) is 0 Å². The summed E-state index contributed by atoms with van der Waals surface area (Å²) < 4.78 is 10.0. The van der Waals surface area contributed by atoms with Gasteiger partial charge in [0.2, 0.25) is 5.91 Å². The molecule has 31 heavy (non-hydrogen) atoms. The van der Waals surface area contributed by atoms with Crippen LogP contribution in [-0.4, -0.2) is 41.1 Å². The predicted octanol–water partition coefficient (Wildman–Crippen LogP) is 2.92. The van der Waals surface area contributed by atoms with Crippen molar-refractivity contribution in [1.82, 2.24) is 15.5 Å². The maximum atomic E-state index is 12.1. The topological polar surface area (TPSA) is 123 Å². The van der Waals surface area contributed by atoms with Crippen LogP contribution in [0.2, 0.25) is 5.02 Å². The van der Waals surface area contributed by atoms with Gasteiger partial charge in [0.1, 0.15) is 0 Å². The van der Waals surface area contributed by atoms with Gasteiger partial charge in [-0.3, -0.25) is 9.59 Å². The molecule has 0 bridgehead atoms. The van der Waals surface area contributed by atoms with Crippen LogP contribution in [0.1, 0.15) is 21.7 Å². The van der Waals surface area contributed by atoms with Crippen molar-refractivity contribution in [2.75, 3.05) is 18.5 Å². The van der Waals surface area contributed by atoms with Gasteiger partial charge in [-0.2, -0.15) is 4.98 Å². The molecule has 0 aliphatic carbocycles. The highest BCUT2D eigenvalue weighted by molar-refractivity contribution is 6.31. The van der Waals surface area contributed by atoms with E-state index in [0.717, 1.165) is 5.56 Å². The second-order valence-electron chi connectivity index (χ2n) is 6.54. The third-order valence-corrected chi connectivity index (χ3v) is 4.63. The summed E-state index contributed by atoms with van der Waals surface area (Å²) in [6.07, 6.45) is 0. The number of esters is 1. The summed E-state index contributed by atoms with van der Waals surface area (Å²) in [4.78, 5) is 40.1. The second-order valence-corrected chi connectivity index (χ2v) is 6.94. The van der Waals surface area contributed by atoms with Crippen LogP contribution in [0, 0.1) is 13.8 Å². The molecule has 0 radical (unpaired) electrons. The lowest BCUT2D eigenvalue weighted by Gasteiger charge is -2.10. The Kier molecular flexibility index (Phi) is 6.99. The number of benzene rings is 2. The maximum Gasteiger partial charge on any atom is 0.338 e. The highest BCUT2D eigenvalue weighted by atomic mass is 35.5. The molecule has 1 aromatic heterocycles. The Morgan fingerprint density at radius 2 is 1.81 bits per heavy atom. The van der Waals surface area contributed by atoms with Crippen LogP contribution in [0.4, 0.5) is 5.69 Å². The molecule has 3 rings (SSSR count). The van der Waals surface area contributed by atoms with E-state index >= 15 is 0 Å². The molecule has 3 aromatic rings. The Bertz CT molecular complexity index is 1110. The average Bonchev–Trinajstić information content (AvgIpc) is 3.20. The number of hydrogen-bond donors (Lipinski definition) is 2. The van der Waals surface area contributed by atoms with Crippen LogP contribution in [0.25, 0.3) is 11.5 Å². The van der Waals surface area contributed by atoms with E-state index in [9.17, 15) is 14.4 Å². The van der Waals surface area contributed by atoms with Crippen LogP contribution in [-0.2, 0) is 14.3 Å².